The van der Waals surface area contributed by atoms with Crippen LogP contribution in [-0.4, -0.2) is 28.2 Å². The van der Waals surface area contributed by atoms with Crippen LogP contribution in [0.3, 0.4) is 0 Å². The largest absolute Gasteiger partial charge is 0.491 e. The molecule has 0 aliphatic heterocycles. The number of nitrogens with zero attached hydrogens (tertiary/aromatic N) is 1. The van der Waals surface area contributed by atoms with Crippen LogP contribution >= 0.6 is 23.5 Å². The predicted octanol–water partition coefficient (Wildman–Crippen LogP) is 6.59. The van der Waals surface area contributed by atoms with E-state index in [2.05, 4.69) is 0 Å². The van der Waals surface area contributed by atoms with Crippen molar-refractivity contribution in [2.75, 3.05) is 6.61 Å². The van der Waals surface area contributed by atoms with Gasteiger partial charge in [0.15, 0.2) is 0 Å². The molecule has 1 atom stereocenters. The van der Waals surface area contributed by atoms with Crippen LogP contribution < -0.4 is 9.47 Å². The second-order valence-electron chi connectivity index (χ2n) is 6.20. The molecule has 1 unspecified atom stereocenters. The third-order valence-electron chi connectivity index (χ3n) is 3.88. The maximum absolute atomic E-state index is 11.6. The van der Waals surface area contributed by atoms with Gasteiger partial charge in [0.25, 0.3) is 0 Å². The Labute approximate surface area is 179 Å². The average Bonchev–Trinajstić information content (AvgIpc) is 2.72. The third-order valence-corrected chi connectivity index (χ3v) is 5.31. The number of benzene rings is 3. The molecule has 0 heterocycles. The van der Waals surface area contributed by atoms with Crippen molar-refractivity contribution in [2.24, 2.45) is 0 Å². The van der Waals surface area contributed by atoms with Gasteiger partial charge in [-0.25, -0.2) is 9.10 Å². The predicted molar refractivity (Wildman–Crippen MR) is 115 cm³/mol. The molecule has 1 amide bonds. The van der Waals surface area contributed by atoms with E-state index in [-0.39, 0.29) is 12.6 Å². The van der Waals surface area contributed by atoms with Crippen molar-refractivity contribution < 1.29 is 19.4 Å². The van der Waals surface area contributed by atoms with Gasteiger partial charge in [0.1, 0.15) is 23.9 Å². The number of hydrogen-bond acceptors (Lipinski definition) is 4. The highest BCUT2D eigenvalue weighted by atomic mass is 35.5. The maximum atomic E-state index is 11.6. The number of carbonyl (C=O) groups is 1. The molecule has 0 fully saturated rings. The molecule has 0 radical (unpaired) electrons. The highest BCUT2D eigenvalue weighted by Gasteiger charge is 2.21. The molecule has 0 aliphatic rings. The minimum absolute atomic E-state index is 0.223. The van der Waals surface area contributed by atoms with Crippen LogP contribution in [0.25, 0.3) is 0 Å². The van der Waals surface area contributed by atoms with E-state index in [4.69, 9.17) is 21.1 Å². The first-order valence-corrected chi connectivity index (χ1v) is 10.1. The second kappa shape index (κ2) is 10.1. The molecule has 29 heavy (non-hydrogen) atoms. The summed E-state index contributed by atoms with van der Waals surface area (Å²) in [7, 11) is 0. The number of hydrogen-bond donors (Lipinski definition) is 1. The summed E-state index contributed by atoms with van der Waals surface area (Å²) >= 11 is 7.13. The van der Waals surface area contributed by atoms with Gasteiger partial charge in [-0.2, -0.15) is 0 Å². The van der Waals surface area contributed by atoms with Crippen molar-refractivity contribution in [1.82, 2.24) is 4.31 Å². The molecular weight excluding hydrogens is 410 g/mol. The quantitative estimate of drug-likeness (QED) is 0.409. The van der Waals surface area contributed by atoms with E-state index in [9.17, 15) is 9.90 Å². The minimum atomic E-state index is -1.01. The topological polar surface area (TPSA) is 59.0 Å². The van der Waals surface area contributed by atoms with Gasteiger partial charge >= 0.3 is 6.09 Å². The summed E-state index contributed by atoms with van der Waals surface area (Å²) < 4.78 is 12.8. The smallest absolute Gasteiger partial charge is 0.418 e. The van der Waals surface area contributed by atoms with E-state index in [1.807, 2.05) is 42.5 Å². The Kier molecular flexibility index (Phi) is 7.27. The van der Waals surface area contributed by atoms with Crippen molar-refractivity contribution in [2.45, 2.75) is 17.9 Å². The molecule has 3 aromatic carbocycles. The monoisotopic (exact) mass is 429 g/mol. The zero-order valence-corrected chi connectivity index (χ0v) is 17.3. The summed E-state index contributed by atoms with van der Waals surface area (Å²) in [4.78, 5) is 12.5. The first-order chi connectivity index (χ1) is 14.0. The summed E-state index contributed by atoms with van der Waals surface area (Å²) in [5, 5.41) is 10.1. The Morgan fingerprint density at radius 1 is 1.00 bits per heavy atom. The average molecular weight is 430 g/mol. The van der Waals surface area contributed by atoms with Gasteiger partial charge in [-0.1, -0.05) is 35.9 Å². The number of carboxylic acid groups (broad SMARTS) is 1. The van der Waals surface area contributed by atoms with Crippen LogP contribution in [0.1, 0.15) is 6.92 Å². The zero-order valence-electron chi connectivity index (χ0n) is 15.7. The summed E-state index contributed by atoms with van der Waals surface area (Å²) in [5.41, 5.74) is 0. The Balaban J connectivity index is 1.56. The molecule has 150 valence electrons. The lowest BCUT2D eigenvalue weighted by Crippen LogP contribution is -2.35. The third kappa shape index (κ3) is 6.34. The van der Waals surface area contributed by atoms with Crippen molar-refractivity contribution in [3.8, 4) is 17.2 Å². The Hall–Kier alpha value is -2.83. The van der Waals surface area contributed by atoms with Crippen molar-refractivity contribution >= 4 is 29.6 Å². The molecule has 0 bridgehead atoms. The number of amides is 1. The molecule has 3 aromatic rings. The SMILES string of the molecule is CC(COc1ccc(Oc2cccc(Cl)c2)cc1)N(Sc1ccccc1)C(=O)O. The summed E-state index contributed by atoms with van der Waals surface area (Å²) in [6, 6.07) is 23.3. The zero-order chi connectivity index (χ0) is 20.6. The molecule has 5 nitrogen and oxygen atoms in total. The fourth-order valence-electron chi connectivity index (χ4n) is 2.47. The first-order valence-electron chi connectivity index (χ1n) is 8.93. The number of ether oxygens (including phenoxy) is 2. The Morgan fingerprint density at radius 2 is 1.69 bits per heavy atom. The van der Waals surface area contributed by atoms with Gasteiger partial charge in [-0.15, -0.1) is 0 Å². The van der Waals surface area contributed by atoms with Gasteiger partial charge in [0, 0.05) is 9.92 Å². The fraction of sp³-hybridized carbons (Fsp3) is 0.136. The van der Waals surface area contributed by atoms with Gasteiger partial charge in [0.05, 0.1) is 6.04 Å². The summed E-state index contributed by atoms with van der Waals surface area (Å²) in [6.07, 6.45) is -1.01. The maximum Gasteiger partial charge on any atom is 0.418 e. The van der Waals surface area contributed by atoms with Gasteiger partial charge in [-0.3, -0.25) is 0 Å². The molecular formula is C22H20ClNO4S. The standard InChI is InChI=1S/C22H20ClNO4S/c1-16(24(22(25)26)29-21-8-3-2-4-9-21)15-27-18-10-12-19(13-11-18)28-20-7-5-6-17(23)14-20/h2-14,16H,15H2,1H3,(H,25,26). The molecule has 0 aliphatic carbocycles. The van der Waals surface area contributed by atoms with Crippen LogP contribution in [0.5, 0.6) is 17.2 Å². The van der Waals surface area contributed by atoms with Crippen LogP contribution in [0.2, 0.25) is 5.02 Å². The van der Waals surface area contributed by atoms with E-state index in [1.54, 1.807) is 43.3 Å². The second-order valence-corrected chi connectivity index (χ2v) is 7.69. The molecule has 0 saturated carbocycles. The van der Waals surface area contributed by atoms with Crippen LogP contribution in [-0.2, 0) is 0 Å². The number of rotatable bonds is 8. The van der Waals surface area contributed by atoms with E-state index < -0.39 is 6.09 Å². The van der Waals surface area contributed by atoms with E-state index in [0.29, 0.717) is 22.3 Å². The van der Waals surface area contributed by atoms with E-state index in [1.165, 1.54) is 16.3 Å². The molecule has 3 rings (SSSR count). The van der Waals surface area contributed by atoms with Gasteiger partial charge in [0.2, 0.25) is 0 Å². The molecule has 0 spiro atoms. The highest BCUT2D eigenvalue weighted by molar-refractivity contribution is 7.97. The lowest BCUT2D eigenvalue weighted by Gasteiger charge is -2.25. The first kappa shape index (κ1) is 20.9. The van der Waals surface area contributed by atoms with Crippen molar-refractivity contribution in [1.29, 1.82) is 0 Å². The Bertz CT molecular complexity index is 937. The van der Waals surface area contributed by atoms with E-state index >= 15 is 0 Å². The number of halogens is 1. The summed E-state index contributed by atoms with van der Waals surface area (Å²) in [6.45, 7) is 2.03. The van der Waals surface area contributed by atoms with Crippen LogP contribution in [0.4, 0.5) is 4.79 Å². The Morgan fingerprint density at radius 3 is 2.34 bits per heavy atom. The van der Waals surface area contributed by atoms with Gasteiger partial charge < -0.3 is 14.6 Å². The minimum Gasteiger partial charge on any atom is -0.491 e. The van der Waals surface area contributed by atoms with Crippen molar-refractivity contribution in [3.63, 3.8) is 0 Å². The highest BCUT2D eigenvalue weighted by Crippen LogP contribution is 2.27. The lowest BCUT2D eigenvalue weighted by molar-refractivity contribution is 0.153. The van der Waals surface area contributed by atoms with Crippen molar-refractivity contribution in [3.05, 3.63) is 83.9 Å². The lowest BCUT2D eigenvalue weighted by atomic mass is 10.3. The fourth-order valence-corrected chi connectivity index (χ4v) is 3.47. The van der Waals surface area contributed by atoms with Crippen LogP contribution in [0, 0.1) is 0 Å². The molecule has 0 saturated heterocycles. The van der Waals surface area contributed by atoms with E-state index in [0.717, 1.165) is 4.90 Å². The molecule has 0 aromatic heterocycles. The molecule has 7 heteroatoms. The summed E-state index contributed by atoms with van der Waals surface area (Å²) in [5.74, 6) is 1.93. The van der Waals surface area contributed by atoms with Crippen LogP contribution in [0.15, 0.2) is 83.8 Å². The normalized spacial score (nSPS) is 11.5. The molecule has 1 N–H and O–H groups in total. The van der Waals surface area contributed by atoms with Gasteiger partial charge in [-0.05, 0) is 73.5 Å².